The molecule has 1 aliphatic carbocycles. The van der Waals surface area contributed by atoms with Gasteiger partial charge >= 0.3 is 0 Å². The average Bonchev–Trinajstić information content (AvgIpc) is 2.68. The molecule has 0 radical (unpaired) electrons. The van der Waals surface area contributed by atoms with Gasteiger partial charge in [0.2, 0.25) is 0 Å². The maximum atomic E-state index is 4.26. The van der Waals surface area contributed by atoms with E-state index >= 15 is 0 Å². The van der Waals surface area contributed by atoms with Crippen molar-refractivity contribution < 1.29 is 0 Å². The second-order valence-corrected chi connectivity index (χ2v) is 7.15. The molecule has 1 nitrogen and oxygen atoms in total. The van der Waals surface area contributed by atoms with Gasteiger partial charge in [-0.15, -0.1) is 0 Å². The number of aryl methyl sites for hydroxylation is 2. The minimum Gasteiger partial charge on any atom is -0.314 e. The van der Waals surface area contributed by atoms with Gasteiger partial charge in [-0.2, -0.15) is 0 Å². The predicted octanol–water partition coefficient (Wildman–Crippen LogP) is 6.76. The van der Waals surface area contributed by atoms with Gasteiger partial charge in [0.05, 0.1) is 5.69 Å². The fraction of sp³-hybridized carbons (Fsp3) is 0.120. The third-order valence-corrected chi connectivity index (χ3v) is 5.47. The second kappa shape index (κ2) is 5.74. The summed E-state index contributed by atoms with van der Waals surface area (Å²) >= 11 is 0. The molecule has 5 rings (SSSR count). The summed E-state index contributed by atoms with van der Waals surface area (Å²) in [6, 6.07) is 26.3. The second-order valence-electron chi connectivity index (χ2n) is 7.15. The molecule has 0 N–H and O–H groups in total. The lowest BCUT2D eigenvalue weighted by molar-refractivity contribution is 0.967. The molecular weight excluding hydrogens is 314 g/mol. The zero-order valence-corrected chi connectivity index (χ0v) is 15.0. The molecule has 1 aliphatic rings. The summed E-state index contributed by atoms with van der Waals surface area (Å²) in [5.74, 6) is 0. The van der Waals surface area contributed by atoms with Crippen molar-refractivity contribution in [2.45, 2.75) is 19.8 Å². The first-order valence-electron chi connectivity index (χ1n) is 9.21. The van der Waals surface area contributed by atoms with Crippen LogP contribution in [-0.4, -0.2) is 0 Å². The Morgan fingerprint density at radius 2 is 1.54 bits per heavy atom. The summed E-state index contributed by atoms with van der Waals surface area (Å²) < 4.78 is 0. The number of hydrogen-bond donors (Lipinski definition) is 0. The van der Waals surface area contributed by atoms with Crippen LogP contribution in [0.4, 0.5) is 11.4 Å². The number of allylic oxidation sites excluding steroid dienone is 1. The van der Waals surface area contributed by atoms with Gasteiger partial charge in [0.1, 0.15) is 0 Å². The zero-order chi connectivity index (χ0) is 17.7. The van der Waals surface area contributed by atoms with Crippen LogP contribution >= 0.6 is 0 Å². The Bertz CT molecular complexity index is 1160. The first kappa shape index (κ1) is 15.2. The number of para-hydroxylation sites is 1. The number of benzene rings is 4. The predicted molar refractivity (Wildman–Crippen MR) is 112 cm³/mol. The lowest BCUT2D eigenvalue weighted by Gasteiger charge is -2.28. The molecule has 0 unspecified atom stereocenters. The summed E-state index contributed by atoms with van der Waals surface area (Å²) in [7, 11) is 0. The molecule has 0 fully saturated rings. The van der Waals surface area contributed by atoms with Crippen molar-refractivity contribution >= 4 is 32.9 Å². The lowest BCUT2D eigenvalue weighted by atomic mass is 9.85. The van der Waals surface area contributed by atoms with Crippen LogP contribution in [-0.2, 0) is 12.8 Å². The molecule has 0 bridgehead atoms. The van der Waals surface area contributed by atoms with Gasteiger partial charge < -0.3 is 4.90 Å². The van der Waals surface area contributed by atoms with Crippen LogP contribution in [0.2, 0.25) is 0 Å². The molecule has 0 amide bonds. The van der Waals surface area contributed by atoms with E-state index in [2.05, 4.69) is 91.2 Å². The highest BCUT2D eigenvalue weighted by Crippen LogP contribution is 2.42. The number of anilines is 2. The molecule has 4 aromatic rings. The molecule has 0 aromatic heterocycles. The molecule has 4 aromatic carbocycles. The molecule has 26 heavy (non-hydrogen) atoms. The van der Waals surface area contributed by atoms with Crippen molar-refractivity contribution in [3.8, 4) is 0 Å². The summed E-state index contributed by atoms with van der Waals surface area (Å²) in [5, 5.41) is 5.51. The Kier molecular flexibility index (Phi) is 3.36. The van der Waals surface area contributed by atoms with Crippen molar-refractivity contribution in [1.29, 1.82) is 0 Å². The van der Waals surface area contributed by atoms with Crippen LogP contribution in [0.3, 0.4) is 0 Å². The molecule has 0 aliphatic heterocycles. The maximum Gasteiger partial charge on any atom is 0.0536 e. The van der Waals surface area contributed by atoms with Crippen molar-refractivity contribution in [3.05, 3.63) is 96.2 Å². The van der Waals surface area contributed by atoms with Crippen molar-refractivity contribution in [2.24, 2.45) is 0 Å². The summed E-state index contributed by atoms with van der Waals surface area (Å²) in [6.45, 7) is 6.33. The van der Waals surface area contributed by atoms with E-state index in [9.17, 15) is 0 Å². The highest BCUT2D eigenvalue weighted by atomic mass is 15.1. The zero-order valence-electron chi connectivity index (χ0n) is 15.0. The van der Waals surface area contributed by atoms with Crippen molar-refractivity contribution in [3.63, 3.8) is 0 Å². The van der Waals surface area contributed by atoms with Gasteiger partial charge in [0.15, 0.2) is 0 Å². The van der Waals surface area contributed by atoms with Gasteiger partial charge in [0.25, 0.3) is 0 Å². The standard InChI is InChI=1S/C25H21N/c1-17(2)26(21-9-4-3-5-10-21)23-16-14-20-12-11-18-7-6-8-19-13-15-22(23)25(20)24(18)19/h3-10,13-16H,1,11-12H2,2H3. The number of rotatable bonds is 3. The van der Waals surface area contributed by atoms with E-state index < -0.39 is 0 Å². The smallest absolute Gasteiger partial charge is 0.0536 e. The highest BCUT2D eigenvalue weighted by Gasteiger charge is 2.20. The largest absolute Gasteiger partial charge is 0.314 e. The van der Waals surface area contributed by atoms with E-state index in [1.807, 2.05) is 0 Å². The van der Waals surface area contributed by atoms with Crippen LogP contribution < -0.4 is 4.90 Å². The van der Waals surface area contributed by atoms with Crippen LogP contribution in [0.15, 0.2) is 85.1 Å². The monoisotopic (exact) mass is 335 g/mol. The van der Waals surface area contributed by atoms with Crippen molar-refractivity contribution in [1.82, 2.24) is 0 Å². The first-order valence-corrected chi connectivity index (χ1v) is 9.21. The van der Waals surface area contributed by atoms with E-state index in [1.54, 1.807) is 0 Å². The van der Waals surface area contributed by atoms with E-state index in [-0.39, 0.29) is 0 Å². The minimum atomic E-state index is 1.02. The summed E-state index contributed by atoms with van der Waals surface area (Å²) in [4.78, 5) is 2.27. The van der Waals surface area contributed by atoms with Crippen molar-refractivity contribution in [2.75, 3.05) is 4.90 Å². The van der Waals surface area contributed by atoms with E-state index in [0.29, 0.717) is 0 Å². The van der Waals surface area contributed by atoms with Crippen LogP contribution in [0, 0.1) is 0 Å². The van der Waals surface area contributed by atoms with E-state index in [1.165, 1.54) is 38.4 Å². The Balaban J connectivity index is 1.87. The molecule has 0 heterocycles. The van der Waals surface area contributed by atoms with Crippen LogP contribution in [0.25, 0.3) is 21.5 Å². The third-order valence-electron chi connectivity index (χ3n) is 5.47. The van der Waals surface area contributed by atoms with Gasteiger partial charge in [0, 0.05) is 16.8 Å². The fourth-order valence-electron chi connectivity index (χ4n) is 4.38. The van der Waals surface area contributed by atoms with E-state index in [4.69, 9.17) is 0 Å². The number of nitrogens with zero attached hydrogens (tertiary/aromatic N) is 1. The van der Waals surface area contributed by atoms with Gasteiger partial charge in [-0.1, -0.05) is 61.2 Å². The van der Waals surface area contributed by atoms with E-state index in [0.717, 1.165) is 24.2 Å². The Hall–Kier alpha value is -3.06. The average molecular weight is 335 g/mol. The van der Waals surface area contributed by atoms with Gasteiger partial charge in [-0.3, -0.25) is 0 Å². The molecule has 0 spiro atoms. The third kappa shape index (κ3) is 2.17. The molecule has 0 saturated carbocycles. The fourth-order valence-corrected chi connectivity index (χ4v) is 4.38. The minimum absolute atomic E-state index is 1.02. The Morgan fingerprint density at radius 1 is 0.769 bits per heavy atom. The first-order chi connectivity index (χ1) is 12.7. The Labute approximate surface area is 154 Å². The topological polar surface area (TPSA) is 3.24 Å². The Morgan fingerprint density at radius 3 is 2.31 bits per heavy atom. The molecule has 1 heteroatoms. The van der Waals surface area contributed by atoms with Gasteiger partial charge in [-0.25, -0.2) is 0 Å². The van der Waals surface area contributed by atoms with Crippen LogP contribution in [0.1, 0.15) is 18.1 Å². The molecule has 0 atom stereocenters. The summed E-state index contributed by atoms with van der Waals surface area (Å²) in [5.41, 5.74) is 6.32. The SMILES string of the molecule is C=C(C)N(c1ccccc1)c1ccc2c3c1ccc1cccc(c13)CC2. The molecular formula is C25H21N. The van der Waals surface area contributed by atoms with Gasteiger partial charge in [-0.05, 0) is 65.3 Å². The van der Waals surface area contributed by atoms with Crippen LogP contribution in [0.5, 0.6) is 0 Å². The highest BCUT2D eigenvalue weighted by molar-refractivity contribution is 6.15. The molecule has 0 saturated heterocycles. The normalized spacial score (nSPS) is 12.7. The molecule has 126 valence electrons. The quantitative estimate of drug-likeness (QED) is 0.374. The summed E-state index contributed by atoms with van der Waals surface area (Å²) in [6.07, 6.45) is 2.25. The lowest BCUT2D eigenvalue weighted by Crippen LogP contribution is -2.14. The maximum absolute atomic E-state index is 4.26. The number of hydrogen-bond acceptors (Lipinski definition) is 1.